The molecule has 13 aromatic carbocycles. The molecule has 0 amide bonds. The average molecular weight is 889 g/mol. The van der Waals surface area contributed by atoms with E-state index < -0.39 is 0 Å². The van der Waals surface area contributed by atoms with Crippen LogP contribution in [0.3, 0.4) is 0 Å². The molecule has 1 nitrogen and oxygen atoms in total. The van der Waals surface area contributed by atoms with Crippen LogP contribution in [-0.2, 0) is 5.41 Å². The smallest absolute Gasteiger partial charge is 0.135 e. The molecule has 0 spiro atoms. The van der Waals surface area contributed by atoms with Gasteiger partial charge >= 0.3 is 0 Å². The molecule has 70 heavy (non-hydrogen) atoms. The number of fused-ring (bicyclic) bond motifs is 16. The van der Waals surface area contributed by atoms with E-state index in [0.717, 1.165) is 21.9 Å². The van der Waals surface area contributed by atoms with Crippen molar-refractivity contribution in [3.63, 3.8) is 0 Å². The van der Waals surface area contributed by atoms with Crippen molar-refractivity contribution in [3.8, 4) is 55.6 Å². The highest BCUT2D eigenvalue weighted by molar-refractivity contribution is 6.23. The highest BCUT2D eigenvalue weighted by Gasteiger charge is 2.38. The lowest BCUT2D eigenvalue weighted by Crippen LogP contribution is -2.15. The van der Waals surface area contributed by atoms with Crippen LogP contribution in [-0.4, -0.2) is 0 Å². The summed E-state index contributed by atoms with van der Waals surface area (Å²) in [6.45, 7) is 4.79. The number of hydrogen-bond acceptors (Lipinski definition) is 1. The van der Waals surface area contributed by atoms with Crippen LogP contribution in [0.15, 0.2) is 235 Å². The second kappa shape index (κ2) is 14.6. The highest BCUT2D eigenvalue weighted by Crippen LogP contribution is 2.55. The van der Waals surface area contributed by atoms with Gasteiger partial charge in [0, 0.05) is 16.2 Å². The fourth-order valence-electron chi connectivity index (χ4n) is 12.7. The summed E-state index contributed by atoms with van der Waals surface area (Å²) in [6, 6.07) is 85.6. The van der Waals surface area contributed by atoms with Gasteiger partial charge in [-0.15, -0.1) is 0 Å². The first-order chi connectivity index (χ1) is 34.5. The van der Waals surface area contributed by atoms with Crippen molar-refractivity contribution in [2.45, 2.75) is 19.3 Å². The van der Waals surface area contributed by atoms with Crippen LogP contribution in [0.5, 0.6) is 0 Å². The lowest BCUT2D eigenvalue weighted by atomic mass is 9.79. The van der Waals surface area contributed by atoms with Crippen LogP contribution in [0.2, 0.25) is 0 Å². The van der Waals surface area contributed by atoms with E-state index in [9.17, 15) is 0 Å². The Balaban J connectivity index is 0.885. The maximum Gasteiger partial charge on any atom is 0.135 e. The first-order valence-corrected chi connectivity index (χ1v) is 24.5. The predicted octanol–water partition coefficient (Wildman–Crippen LogP) is 19.5. The molecular formula is C69H44O. The minimum absolute atomic E-state index is 0.141. The Morgan fingerprint density at radius 2 is 0.714 bits per heavy atom. The van der Waals surface area contributed by atoms with Crippen LogP contribution >= 0.6 is 0 Å². The van der Waals surface area contributed by atoms with Crippen molar-refractivity contribution in [2.24, 2.45) is 0 Å². The predicted molar refractivity (Wildman–Crippen MR) is 298 cm³/mol. The third-order valence-electron chi connectivity index (χ3n) is 15.8. The lowest BCUT2D eigenvalue weighted by Gasteiger charge is -2.24. The Hall–Kier alpha value is -8.78. The zero-order valence-corrected chi connectivity index (χ0v) is 38.8. The SMILES string of the molecule is CC1(C)c2ccc(-c3ccc4oc5ccc(-c6c7ccccc7c(-c7cccc(-c8cc9ccccc9c9ccccc89)c7)c7ccccc67)cc5c4c3)cc2-c2c1c1ccccc1c1ccccc21. The van der Waals surface area contributed by atoms with Crippen molar-refractivity contribution in [1.82, 2.24) is 0 Å². The Kier molecular flexibility index (Phi) is 8.19. The largest absolute Gasteiger partial charge is 0.456 e. The third-order valence-corrected chi connectivity index (χ3v) is 15.8. The van der Waals surface area contributed by atoms with Crippen molar-refractivity contribution in [3.05, 3.63) is 242 Å². The minimum atomic E-state index is -0.141. The lowest BCUT2D eigenvalue weighted by molar-refractivity contribution is 0.666. The van der Waals surface area contributed by atoms with E-state index >= 15 is 0 Å². The summed E-state index contributed by atoms with van der Waals surface area (Å²) in [7, 11) is 0. The van der Waals surface area contributed by atoms with Crippen LogP contribution < -0.4 is 0 Å². The summed E-state index contributed by atoms with van der Waals surface area (Å²) in [4.78, 5) is 0. The Bertz CT molecular complexity index is 4500. The van der Waals surface area contributed by atoms with Gasteiger partial charge in [-0.25, -0.2) is 0 Å². The molecule has 1 aliphatic carbocycles. The molecule has 1 aliphatic rings. The molecule has 1 aromatic heterocycles. The van der Waals surface area contributed by atoms with E-state index in [0.29, 0.717) is 0 Å². The molecule has 0 saturated carbocycles. The van der Waals surface area contributed by atoms with Gasteiger partial charge in [0.1, 0.15) is 11.2 Å². The first kappa shape index (κ1) is 39.2. The molecule has 0 bridgehead atoms. The molecule has 0 aliphatic heterocycles. The molecule has 0 saturated heterocycles. The van der Waals surface area contributed by atoms with Gasteiger partial charge in [-0.3, -0.25) is 0 Å². The van der Waals surface area contributed by atoms with Gasteiger partial charge in [-0.05, 0) is 174 Å². The van der Waals surface area contributed by atoms with Crippen LogP contribution in [0, 0.1) is 0 Å². The van der Waals surface area contributed by atoms with E-state index in [4.69, 9.17) is 4.42 Å². The molecule has 0 atom stereocenters. The second-order valence-electron chi connectivity index (χ2n) is 19.9. The minimum Gasteiger partial charge on any atom is -0.456 e. The summed E-state index contributed by atoms with van der Waals surface area (Å²) < 4.78 is 6.62. The van der Waals surface area contributed by atoms with Gasteiger partial charge < -0.3 is 4.42 Å². The van der Waals surface area contributed by atoms with Crippen molar-refractivity contribution in [1.29, 1.82) is 0 Å². The number of hydrogen-bond donors (Lipinski definition) is 0. The zero-order valence-electron chi connectivity index (χ0n) is 38.8. The van der Waals surface area contributed by atoms with E-state index in [1.165, 1.54) is 131 Å². The Morgan fingerprint density at radius 3 is 1.36 bits per heavy atom. The molecule has 0 fully saturated rings. The monoisotopic (exact) mass is 888 g/mol. The summed E-state index contributed by atoms with van der Waals surface area (Å²) in [5, 5.41) is 17.5. The normalized spacial score (nSPS) is 13.1. The van der Waals surface area contributed by atoms with Crippen LogP contribution in [0.4, 0.5) is 0 Å². The molecule has 0 unspecified atom stereocenters. The molecule has 14 aromatic rings. The molecule has 15 rings (SSSR count). The molecule has 1 heteroatoms. The maximum absolute atomic E-state index is 6.62. The number of furan rings is 1. The van der Waals surface area contributed by atoms with Crippen molar-refractivity contribution < 1.29 is 4.42 Å². The summed E-state index contributed by atoms with van der Waals surface area (Å²) in [6.07, 6.45) is 0. The van der Waals surface area contributed by atoms with Crippen molar-refractivity contribution >= 4 is 86.6 Å². The van der Waals surface area contributed by atoms with Gasteiger partial charge in [0.25, 0.3) is 0 Å². The third kappa shape index (κ3) is 5.55. The molecular weight excluding hydrogens is 845 g/mol. The van der Waals surface area contributed by atoms with E-state index in [1.807, 2.05) is 0 Å². The Morgan fingerprint density at radius 1 is 0.271 bits per heavy atom. The topological polar surface area (TPSA) is 13.1 Å². The van der Waals surface area contributed by atoms with Gasteiger partial charge in [-0.2, -0.15) is 0 Å². The Labute approximate surface area is 405 Å². The quantitative estimate of drug-likeness (QED) is 0.127. The zero-order chi connectivity index (χ0) is 46.2. The van der Waals surface area contributed by atoms with E-state index in [1.54, 1.807) is 0 Å². The van der Waals surface area contributed by atoms with Crippen molar-refractivity contribution in [2.75, 3.05) is 0 Å². The number of benzene rings is 13. The van der Waals surface area contributed by atoms with Crippen LogP contribution in [0.1, 0.15) is 25.0 Å². The van der Waals surface area contributed by atoms with E-state index in [-0.39, 0.29) is 5.41 Å². The summed E-state index contributed by atoms with van der Waals surface area (Å²) in [5.41, 5.74) is 16.9. The van der Waals surface area contributed by atoms with Gasteiger partial charge in [0.05, 0.1) is 0 Å². The molecule has 326 valence electrons. The van der Waals surface area contributed by atoms with Gasteiger partial charge in [-0.1, -0.05) is 202 Å². The van der Waals surface area contributed by atoms with Crippen LogP contribution in [0.25, 0.3) is 142 Å². The standard InChI is InChI=1S/C69H44O/c1-69(2)62-33-30-41(38-61(62)67-52-24-9-7-21-49(52)50-22-8-14-29-57(50)68(67)69)42-31-34-63-59(37-42)60-40-46(32-35-64(60)70-63)66-55-27-12-10-25-53(55)65(54-26-11-13-28-56(54)66)45-18-15-17-43(36-45)58-39-44-16-3-4-19-47(44)48-20-5-6-23-51(48)58/h3-40H,1-2H3. The molecule has 1 heterocycles. The number of rotatable bonds is 4. The molecule has 0 radical (unpaired) electrons. The van der Waals surface area contributed by atoms with Gasteiger partial charge in [0.15, 0.2) is 0 Å². The van der Waals surface area contributed by atoms with Gasteiger partial charge in [0.2, 0.25) is 0 Å². The average Bonchev–Trinajstić information content (AvgIpc) is 3.90. The first-order valence-electron chi connectivity index (χ1n) is 24.5. The van der Waals surface area contributed by atoms with E-state index in [2.05, 4.69) is 244 Å². The summed E-state index contributed by atoms with van der Waals surface area (Å²) in [5.74, 6) is 0. The second-order valence-corrected chi connectivity index (χ2v) is 19.9. The summed E-state index contributed by atoms with van der Waals surface area (Å²) >= 11 is 0. The highest BCUT2D eigenvalue weighted by atomic mass is 16.3. The maximum atomic E-state index is 6.62. The fourth-order valence-corrected chi connectivity index (χ4v) is 12.7. The molecule has 0 N–H and O–H groups in total. The fraction of sp³-hybridized carbons (Fsp3) is 0.0435.